The third-order valence-corrected chi connectivity index (χ3v) is 4.35. The Morgan fingerprint density at radius 3 is 2.42 bits per heavy atom. The highest BCUT2D eigenvalue weighted by atomic mass is 35.5. The number of amides is 2. The van der Waals surface area contributed by atoms with Gasteiger partial charge in [0.05, 0.1) is 7.11 Å². The SMILES string of the molecule is COc1ccccc1CNC(=O)NCC(C)c1c(Cl)cccc1Cl. The average molecular weight is 367 g/mol. The number of benzene rings is 2. The number of urea groups is 1. The van der Waals surface area contributed by atoms with Crippen molar-refractivity contribution in [2.75, 3.05) is 13.7 Å². The fourth-order valence-corrected chi connectivity index (χ4v) is 3.19. The summed E-state index contributed by atoms with van der Waals surface area (Å²) in [5.41, 5.74) is 1.75. The molecule has 24 heavy (non-hydrogen) atoms. The van der Waals surface area contributed by atoms with Gasteiger partial charge >= 0.3 is 6.03 Å². The first-order valence-electron chi connectivity index (χ1n) is 7.60. The van der Waals surface area contributed by atoms with Crippen LogP contribution in [0.15, 0.2) is 42.5 Å². The van der Waals surface area contributed by atoms with Crippen molar-refractivity contribution in [1.82, 2.24) is 10.6 Å². The molecule has 0 aliphatic rings. The highest BCUT2D eigenvalue weighted by Crippen LogP contribution is 2.30. The van der Waals surface area contributed by atoms with Crippen LogP contribution in [0.25, 0.3) is 0 Å². The number of para-hydroxylation sites is 1. The maximum atomic E-state index is 12.0. The summed E-state index contributed by atoms with van der Waals surface area (Å²) in [6.45, 7) is 2.78. The van der Waals surface area contributed by atoms with Crippen LogP contribution in [-0.2, 0) is 6.54 Å². The molecule has 4 nitrogen and oxygen atoms in total. The molecule has 2 aromatic carbocycles. The molecule has 0 aliphatic heterocycles. The number of hydrogen-bond donors (Lipinski definition) is 2. The zero-order valence-corrected chi connectivity index (χ0v) is 15.1. The lowest BCUT2D eigenvalue weighted by Gasteiger charge is -2.16. The van der Waals surface area contributed by atoms with E-state index in [-0.39, 0.29) is 11.9 Å². The minimum atomic E-state index is -0.254. The van der Waals surface area contributed by atoms with E-state index in [1.165, 1.54) is 0 Å². The van der Waals surface area contributed by atoms with E-state index in [1.807, 2.05) is 31.2 Å². The molecule has 2 amide bonds. The van der Waals surface area contributed by atoms with Gasteiger partial charge in [-0.25, -0.2) is 4.79 Å². The number of rotatable bonds is 6. The lowest BCUT2D eigenvalue weighted by atomic mass is 10.0. The molecule has 0 radical (unpaired) electrons. The molecule has 0 saturated carbocycles. The predicted octanol–water partition coefficient (Wildman–Crippen LogP) is 4.60. The van der Waals surface area contributed by atoms with Gasteiger partial charge in [-0.05, 0) is 23.8 Å². The standard InChI is InChI=1S/C18H20Cl2N2O2/c1-12(17-14(19)7-5-8-15(17)20)10-21-18(23)22-11-13-6-3-4-9-16(13)24-2/h3-9,12H,10-11H2,1-2H3,(H2,21,22,23). The molecule has 128 valence electrons. The van der Waals surface area contributed by atoms with Crippen molar-refractivity contribution in [2.45, 2.75) is 19.4 Å². The van der Waals surface area contributed by atoms with Crippen LogP contribution in [0.3, 0.4) is 0 Å². The monoisotopic (exact) mass is 366 g/mol. The summed E-state index contributed by atoms with van der Waals surface area (Å²) in [4.78, 5) is 12.0. The van der Waals surface area contributed by atoms with E-state index in [0.717, 1.165) is 16.9 Å². The summed E-state index contributed by atoms with van der Waals surface area (Å²) < 4.78 is 5.26. The molecule has 0 aromatic heterocycles. The Labute approximate surface area is 152 Å². The average Bonchev–Trinajstić information content (AvgIpc) is 2.58. The Hall–Kier alpha value is -1.91. The third-order valence-electron chi connectivity index (χ3n) is 3.69. The molecule has 1 unspecified atom stereocenters. The number of halogens is 2. The summed E-state index contributed by atoms with van der Waals surface area (Å²) in [5.74, 6) is 0.747. The van der Waals surface area contributed by atoms with Crippen molar-refractivity contribution in [1.29, 1.82) is 0 Å². The van der Waals surface area contributed by atoms with Gasteiger partial charge in [0.15, 0.2) is 0 Å². The molecule has 0 saturated heterocycles. The molecular weight excluding hydrogens is 347 g/mol. The smallest absolute Gasteiger partial charge is 0.315 e. The van der Waals surface area contributed by atoms with Gasteiger partial charge in [0.25, 0.3) is 0 Å². The highest BCUT2D eigenvalue weighted by molar-refractivity contribution is 6.36. The van der Waals surface area contributed by atoms with Crippen molar-refractivity contribution in [3.63, 3.8) is 0 Å². The maximum Gasteiger partial charge on any atom is 0.315 e. The number of hydrogen-bond acceptors (Lipinski definition) is 2. The molecule has 0 aliphatic carbocycles. The van der Waals surface area contributed by atoms with Crippen LogP contribution >= 0.6 is 23.2 Å². The van der Waals surface area contributed by atoms with E-state index in [9.17, 15) is 4.79 Å². The van der Waals surface area contributed by atoms with Gasteiger partial charge in [-0.1, -0.05) is 54.4 Å². The van der Waals surface area contributed by atoms with Crippen molar-refractivity contribution in [2.24, 2.45) is 0 Å². The minimum absolute atomic E-state index is 0.00297. The van der Waals surface area contributed by atoms with Crippen molar-refractivity contribution in [3.05, 3.63) is 63.6 Å². The number of nitrogens with one attached hydrogen (secondary N) is 2. The van der Waals surface area contributed by atoms with Gasteiger partial charge in [0.2, 0.25) is 0 Å². The fourth-order valence-electron chi connectivity index (χ4n) is 2.42. The lowest BCUT2D eigenvalue weighted by molar-refractivity contribution is 0.240. The second kappa shape index (κ2) is 8.81. The van der Waals surface area contributed by atoms with Crippen LogP contribution in [0.1, 0.15) is 24.0 Å². The Balaban J connectivity index is 1.87. The molecule has 2 aromatic rings. The molecule has 0 heterocycles. The zero-order valence-electron chi connectivity index (χ0n) is 13.6. The van der Waals surface area contributed by atoms with E-state index >= 15 is 0 Å². The molecular formula is C18H20Cl2N2O2. The topological polar surface area (TPSA) is 50.4 Å². The number of carbonyl (C=O) groups is 1. The van der Waals surface area contributed by atoms with E-state index in [4.69, 9.17) is 27.9 Å². The number of methoxy groups -OCH3 is 1. The first-order chi connectivity index (χ1) is 11.5. The van der Waals surface area contributed by atoms with Crippen LogP contribution in [0.2, 0.25) is 10.0 Å². The van der Waals surface area contributed by atoms with Crippen LogP contribution in [0, 0.1) is 0 Å². The van der Waals surface area contributed by atoms with Gasteiger partial charge < -0.3 is 15.4 Å². The highest BCUT2D eigenvalue weighted by Gasteiger charge is 2.14. The molecule has 2 rings (SSSR count). The lowest BCUT2D eigenvalue weighted by Crippen LogP contribution is -2.37. The fraction of sp³-hybridized carbons (Fsp3) is 0.278. The summed E-state index contributed by atoms with van der Waals surface area (Å²) >= 11 is 12.4. The molecule has 0 bridgehead atoms. The first-order valence-corrected chi connectivity index (χ1v) is 8.36. The summed E-state index contributed by atoms with van der Waals surface area (Å²) in [6.07, 6.45) is 0. The first kappa shape index (κ1) is 18.4. The Bertz CT molecular complexity index is 687. The largest absolute Gasteiger partial charge is 0.496 e. The van der Waals surface area contributed by atoms with Crippen molar-refractivity contribution < 1.29 is 9.53 Å². The van der Waals surface area contributed by atoms with Gasteiger partial charge in [-0.2, -0.15) is 0 Å². The second-order valence-corrected chi connectivity index (χ2v) is 6.23. The van der Waals surface area contributed by atoms with Gasteiger partial charge in [0.1, 0.15) is 5.75 Å². The number of carbonyl (C=O) groups excluding carboxylic acids is 1. The van der Waals surface area contributed by atoms with Crippen LogP contribution < -0.4 is 15.4 Å². The van der Waals surface area contributed by atoms with Gasteiger partial charge in [-0.3, -0.25) is 0 Å². The Morgan fingerprint density at radius 2 is 1.75 bits per heavy atom. The maximum absolute atomic E-state index is 12.0. The van der Waals surface area contributed by atoms with Crippen LogP contribution in [0.5, 0.6) is 5.75 Å². The van der Waals surface area contributed by atoms with Gasteiger partial charge in [0, 0.05) is 34.6 Å². The molecule has 6 heteroatoms. The quantitative estimate of drug-likeness (QED) is 0.784. The van der Waals surface area contributed by atoms with E-state index in [1.54, 1.807) is 25.3 Å². The van der Waals surface area contributed by atoms with Crippen LogP contribution in [-0.4, -0.2) is 19.7 Å². The summed E-state index contributed by atoms with van der Waals surface area (Å²) in [5, 5.41) is 6.85. The molecule has 0 spiro atoms. The van der Waals surface area contributed by atoms with Crippen molar-refractivity contribution in [3.8, 4) is 5.75 Å². The third kappa shape index (κ3) is 4.79. The second-order valence-electron chi connectivity index (χ2n) is 5.41. The minimum Gasteiger partial charge on any atom is -0.496 e. The van der Waals surface area contributed by atoms with Crippen LogP contribution in [0.4, 0.5) is 4.79 Å². The van der Waals surface area contributed by atoms with Gasteiger partial charge in [-0.15, -0.1) is 0 Å². The van der Waals surface area contributed by atoms with E-state index in [2.05, 4.69) is 10.6 Å². The number of ether oxygens (including phenoxy) is 1. The summed E-state index contributed by atoms with van der Waals surface area (Å²) in [7, 11) is 1.61. The van der Waals surface area contributed by atoms with Crippen molar-refractivity contribution >= 4 is 29.2 Å². The zero-order chi connectivity index (χ0) is 17.5. The molecule has 2 N–H and O–H groups in total. The Morgan fingerprint density at radius 1 is 1.08 bits per heavy atom. The Kier molecular flexibility index (Phi) is 6.76. The van der Waals surface area contributed by atoms with E-state index < -0.39 is 0 Å². The molecule has 0 fully saturated rings. The normalized spacial score (nSPS) is 11.7. The predicted molar refractivity (Wildman–Crippen MR) is 98.1 cm³/mol. The van der Waals surface area contributed by atoms with E-state index in [0.29, 0.717) is 23.1 Å². The summed E-state index contributed by atoms with van der Waals surface area (Å²) in [6, 6.07) is 12.7. The molecule has 1 atom stereocenters.